The Morgan fingerprint density at radius 2 is 1.83 bits per heavy atom. The molecule has 2 fully saturated rings. The van der Waals surface area contributed by atoms with Crippen LogP contribution in [0.15, 0.2) is 29.2 Å². The molecule has 0 radical (unpaired) electrons. The van der Waals surface area contributed by atoms with Crippen LogP contribution in [0.1, 0.15) is 20.8 Å². The summed E-state index contributed by atoms with van der Waals surface area (Å²) in [7, 11) is 0. The second-order valence-corrected chi connectivity index (χ2v) is 7.71. The van der Waals surface area contributed by atoms with Gasteiger partial charge in [-0.2, -0.15) is 0 Å². The summed E-state index contributed by atoms with van der Waals surface area (Å²) in [6, 6.07) is 8.98. The lowest BCUT2D eigenvalue weighted by atomic mass is 9.87. The Bertz CT molecular complexity index is 437. The lowest BCUT2D eigenvalue weighted by molar-refractivity contribution is 0.309. The molecule has 0 aromatic heterocycles. The smallest absolute Gasteiger partial charge is 0.0377 e. The van der Waals surface area contributed by atoms with Gasteiger partial charge in [0.1, 0.15) is 0 Å². The average molecular weight is 261 g/mol. The Kier molecular flexibility index (Phi) is 2.89. The molecule has 1 aromatic carbocycles. The molecular weight excluding hydrogens is 238 g/mol. The van der Waals surface area contributed by atoms with Gasteiger partial charge in [-0.25, -0.2) is 0 Å². The second-order valence-electron chi connectivity index (χ2n) is 6.83. The zero-order chi connectivity index (χ0) is 12.9. The van der Waals surface area contributed by atoms with Crippen molar-refractivity contribution in [1.29, 1.82) is 0 Å². The molecule has 98 valence electrons. The van der Waals surface area contributed by atoms with Crippen LogP contribution in [-0.2, 0) is 0 Å². The Morgan fingerprint density at radius 3 is 2.39 bits per heavy atom. The van der Waals surface area contributed by atoms with Gasteiger partial charge in [-0.1, -0.05) is 26.8 Å². The number of fused-ring (bicyclic) bond motifs is 1. The zero-order valence-corrected chi connectivity index (χ0v) is 12.6. The highest BCUT2D eigenvalue weighted by Gasteiger charge is 2.59. The van der Waals surface area contributed by atoms with Gasteiger partial charge in [-0.3, -0.25) is 0 Å². The summed E-state index contributed by atoms with van der Waals surface area (Å²) in [5.74, 6) is 2.85. The second kappa shape index (κ2) is 4.19. The van der Waals surface area contributed by atoms with Gasteiger partial charge in [0.15, 0.2) is 0 Å². The lowest BCUT2D eigenvalue weighted by Gasteiger charge is -2.27. The fourth-order valence-electron chi connectivity index (χ4n) is 3.83. The molecular formula is C16H23NS. The van der Waals surface area contributed by atoms with E-state index in [-0.39, 0.29) is 0 Å². The van der Waals surface area contributed by atoms with Crippen LogP contribution < -0.4 is 4.90 Å². The van der Waals surface area contributed by atoms with Gasteiger partial charge in [0.2, 0.25) is 0 Å². The van der Waals surface area contributed by atoms with Gasteiger partial charge in [-0.15, -0.1) is 11.8 Å². The van der Waals surface area contributed by atoms with Crippen molar-refractivity contribution in [2.24, 2.45) is 23.2 Å². The van der Waals surface area contributed by atoms with Crippen molar-refractivity contribution in [1.82, 2.24) is 0 Å². The van der Waals surface area contributed by atoms with Crippen LogP contribution >= 0.6 is 11.8 Å². The topological polar surface area (TPSA) is 3.24 Å². The third-order valence-corrected chi connectivity index (χ3v) is 5.34. The summed E-state index contributed by atoms with van der Waals surface area (Å²) in [5.41, 5.74) is 1.92. The number of rotatable bonds is 2. The van der Waals surface area contributed by atoms with Gasteiger partial charge in [0.05, 0.1) is 0 Å². The first-order chi connectivity index (χ1) is 8.50. The van der Waals surface area contributed by atoms with Crippen molar-refractivity contribution in [2.75, 3.05) is 24.2 Å². The van der Waals surface area contributed by atoms with Gasteiger partial charge >= 0.3 is 0 Å². The molecule has 0 amide bonds. The number of thioether (sulfide) groups is 1. The van der Waals surface area contributed by atoms with E-state index >= 15 is 0 Å². The van der Waals surface area contributed by atoms with Crippen molar-refractivity contribution in [3.63, 3.8) is 0 Å². The first kappa shape index (κ1) is 12.4. The van der Waals surface area contributed by atoms with Crippen molar-refractivity contribution in [3.8, 4) is 0 Å². The minimum Gasteiger partial charge on any atom is -0.371 e. The summed E-state index contributed by atoms with van der Waals surface area (Å²) in [6.07, 6.45) is 2.15. The third-order valence-electron chi connectivity index (χ3n) is 4.61. The van der Waals surface area contributed by atoms with Crippen LogP contribution in [0, 0.1) is 23.2 Å². The number of hydrogen-bond donors (Lipinski definition) is 0. The molecule has 0 spiro atoms. The summed E-state index contributed by atoms with van der Waals surface area (Å²) in [4.78, 5) is 3.96. The fraction of sp³-hybridized carbons (Fsp3) is 0.625. The first-order valence-electron chi connectivity index (χ1n) is 6.89. The van der Waals surface area contributed by atoms with E-state index in [9.17, 15) is 0 Å². The lowest BCUT2D eigenvalue weighted by Crippen LogP contribution is -2.27. The summed E-state index contributed by atoms with van der Waals surface area (Å²) in [6.45, 7) is 9.73. The van der Waals surface area contributed by atoms with Crippen molar-refractivity contribution < 1.29 is 0 Å². The van der Waals surface area contributed by atoms with E-state index in [0.29, 0.717) is 5.41 Å². The normalized spacial score (nSPS) is 30.4. The van der Waals surface area contributed by atoms with Crippen molar-refractivity contribution >= 4 is 17.4 Å². The highest BCUT2D eigenvalue weighted by molar-refractivity contribution is 7.98. The monoisotopic (exact) mass is 261 g/mol. The van der Waals surface area contributed by atoms with E-state index in [0.717, 1.165) is 17.8 Å². The van der Waals surface area contributed by atoms with E-state index in [1.807, 2.05) is 11.8 Å². The number of hydrogen-bond acceptors (Lipinski definition) is 2. The highest BCUT2D eigenvalue weighted by Crippen LogP contribution is 2.60. The maximum absolute atomic E-state index is 2.58. The summed E-state index contributed by atoms with van der Waals surface area (Å²) < 4.78 is 0. The predicted molar refractivity (Wildman–Crippen MR) is 80.4 cm³/mol. The third kappa shape index (κ3) is 2.05. The van der Waals surface area contributed by atoms with Crippen molar-refractivity contribution in [3.05, 3.63) is 24.3 Å². The molecule has 2 atom stereocenters. The minimum absolute atomic E-state index is 0.503. The molecule has 1 aliphatic heterocycles. The van der Waals surface area contributed by atoms with Crippen LogP contribution in [0.2, 0.25) is 0 Å². The van der Waals surface area contributed by atoms with Gasteiger partial charge in [0.25, 0.3) is 0 Å². The number of piperidine rings is 1. The summed E-state index contributed by atoms with van der Waals surface area (Å²) >= 11 is 1.83. The predicted octanol–water partition coefficient (Wildman–Crippen LogP) is 4.14. The number of nitrogens with zero attached hydrogens (tertiary/aromatic N) is 1. The maximum Gasteiger partial charge on any atom is 0.0377 e. The maximum atomic E-state index is 2.58. The standard InChI is InChI=1S/C16H23NS/c1-16(2,3)15-13-9-17(10-14(13)15)11-6-5-7-12(8-11)18-4/h5-8,13-15H,9-10H2,1-4H3. The first-order valence-corrected chi connectivity index (χ1v) is 8.12. The van der Waals surface area contributed by atoms with E-state index < -0.39 is 0 Å². The Balaban J connectivity index is 1.69. The quantitative estimate of drug-likeness (QED) is 0.736. The Hall–Kier alpha value is -0.630. The minimum atomic E-state index is 0.503. The molecule has 1 nitrogen and oxygen atoms in total. The van der Waals surface area contributed by atoms with Crippen LogP contribution in [0.5, 0.6) is 0 Å². The largest absolute Gasteiger partial charge is 0.371 e. The highest BCUT2D eigenvalue weighted by atomic mass is 32.2. The molecule has 2 unspecified atom stereocenters. The van der Waals surface area contributed by atoms with E-state index in [1.165, 1.54) is 23.7 Å². The molecule has 0 bridgehead atoms. The number of benzene rings is 1. The molecule has 1 heterocycles. The van der Waals surface area contributed by atoms with E-state index in [1.54, 1.807) is 0 Å². The molecule has 2 heteroatoms. The molecule has 2 aliphatic rings. The fourth-order valence-corrected chi connectivity index (χ4v) is 4.28. The SMILES string of the molecule is CSc1cccc(N2CC3C(C2)C3C(C)(C)C)c1. The Labute approximate surface area is 115 Å². The molecule has 18 heavy (non-hydrogen) atoms. The van der Waals surface area contributed by atoms with Gasteiger partial charge < -0.3 is 4.90 Å². The van der Waals surface area contributed by atoms with Gasteiger partial charge in [0, 0.05) is 23.7 Å². The number of anilines is 1. The molecule has 1 aromatic rings. The molecule has 1 saturated heterocycles. The molecule has 1 saturated carbocycles. The van der Waals surface area contributed by atoms with Gasteiger partial charge in [-0.05, 0) is 47.6 Å². The van der Waals surface area contributed by atoms with Crippen molar-refractivity contribution in [2.45, 2.75) is 25.7 Å². The Morgan fingerprint density at radius 1 is 1.17 bits per heavy atom. The van der Waals surface area contributed by atoms with Crippen LogP contribution in [0.4, 0.5) is 5.69 Å². The zero-order valence-electron chi connectivity index (χ0n) is 11.8. The van der Waals surface area contributed by atoms with Crippen LogP contribution in [-0.4, -0.2) is 19.3 Å². The average Bonchev–Trinajstić information content (AvgIpc) is 2.87. The van der Waals surface area contributed by atoms with E-state index in [4.69, 9.17) is 0 Å². The molecule has 1 aliphatic carbocycles. The molecule has 3 rings (SSSR count). The summed E-state index contributed by atoms with van der Waals surface area (Å²) in [5, 5.41) is 0. The van der Waals surface area contributed by atoms with Crippen LogP contribution in [0.3, 0.4) is 0 Å². The van der Waals surface area contributed by atoms with Crippen LogP contribution in [0.25, 0.3) is 0 Å². The van der Waals surface area contributed by atoms with E-state index in [2.05, 4.69) is 56.2 Å². The molecule has 0 N–H and O–H groups in total.